The van der Waals surface area contributed by atoms with Gasteiger partial charge in [-0.05, 0) is 6.92 Å². The van der Waals surface area contributed by atoms with Crippen molar-refractivity contribution in [2.45, 2.75) is 19.7 Å². The molecule has 0 N–H and O–H groups in total. The fourth-order valence-electron chi connectivity index (χ4n) is 1.36. The SMILES string of the molecule is CCOC(=O)Cc1c([N+](=O)[O-])cc(OC(F)(F)F)nc1F. The highest BCUT2D eigenvalue weighted by molar-refractivity contribution is 5.74. The molecule has 0 aromatic carbocycles. The van der Waals surface area contributed by atoms with Crippen LogP contribution in [0.1, 0.15) is 12.5 Å². The van der Waals surface area contributed by atoms with Gasteiger partial charge in [0.25, 0.3) is 5.69 Å². The largest absolute Gasteiger partial charge is 0.574 e. The molecule has 1 aromatic heterocycles. The van der Waals surface area contributed by atoms with E-state index in [9.17, 15) is 32.5 Å². The van der Waals surface area contributed by atoms with Gasteiger partial charge in [-0.1, -0.05) is 0 Å². The highest BCUT2D eigenvalue weighted by atomic mass is 19.4. The van der Waals surface area contributed by atoms with Crippen molar-refractivity contribution in [1.29, 1.82) is 0 Å². The van der Waals surface area contributed by atoms with E-state index in [0.29, 0.717) is 0 Å². The molecule has 0 fully saturated rings. The van der Waals surface area contributed by atoms with E-state index in [1.165, 1.54) is 6.92 Å². The number of esters is 1. The Bertz CT molecular complexity index is 561. The number of aromatic nitrogens is 1. The van der Waals surface area contributed by atoms with Crippen LogP contribution >= 0.6 is 0 Å². The number of hydrogen-bond acceptors (Lipinski definition) is 6. The predicted molar refractivity (Wildman–Crippen MR) is 57.9 cm³/mol. The molecule has 1 rings (SSSR count). The summed E-state index contributed by atoms with van der Waals surface area (Å²) in [6.07, 6.45) is -6.02. The second kappa shape index (κ2) is 6.33. The number of carbonyl (C=O) groups is 1. The first-order valence-electron chi connectivity index (χ1n) is 5.39. The van der Waals surface area contributed by atoms with Crippen LogP contribution in [0.2, 0.25) is 0 Å². The van der Waals surface area contributed by atoms with Crippen molar-refractivity contribution in [3.8, 4) is 5.88 Å². The second-order valence-electron chi connectivity index (χ2n) is 3.54. The van der Waals surface area contributed by atoms with Crippen LogP contribution in [0.5, 0.6) is 5.88 Å². The zero-order valence-electron chi connectivity index (χ0n) is 10.4. The first kappa shape index (κ1) is 16.6. The first-order valence-corrected chi connectivity index (χ1v) is 5.39. The van der Waals surface area contributed by atoms with Crippen LogP contribution in [0, 0.1) is 16.1 Å². The molecule has 0 aliphatic carbocycles. The molecular formula is C10H8F4N2O5. The van der Waals surface area contributed by atoms with Crippen LogP contribution in [0.15, 0.2) is 6.07 Å². The van der Waals surface area contributed by atoms with Gasteiger partial charge in [0.2, 0.25) is 11.8 Å². The predicted octanol–water partition coefficient (Wildman–Crippen LogP) is 2.13. The van der Waals surface area contributed by atoms with Gasteiger partial charge < -0.3 is 9.47 Å². The average molecular weight is 312 g/mol. The summed E-state index contributed by atoms with van der Waals surface area (Å²) in [5.74, 6) is -3.93. The van der Waals surface area contributed by atoms with E-state index in [2.05, 4.69) is 14.5 Å². The van der Waals surface area contributed by atoms with Crippen molar-refractivity contribution in [2.24, 2.45) is 0 Å². The first-order chi connectivity index (χ1) is 9.64. The van der Waals surface area contributed by atoms with Crippen molar-refractivity contribution in [3.63, 3.8) is 0 Å². The molecular weight excluding hydrogens is 304 g/mol. The van der Waals surface area contributed by atoms with E-state index >= 15 is 0 Å². The molecule has 11 heteroatoms. The summed E-state index contributed by atoms with van der Waals surface area (Å²) in [7, 11) is 0. The maximum Gasteiger partial charge on any atom is 0.574 e. The summed E-state index contributed by atoms with van der Waals surface area (Å²) in [5, 5.41) is 10.8. The normalized spacial score (nSPS) is 11.1. The van der Waals surface area contributed by atoms with Gasteiger partial charge in [0, 0.05) is 0 Å². The number of rotatable bonds is 5. The van der Waals surface area contributed by atoms with Gasteiger partial charge in [-0.15, -0.1) is 13.2 Å². The lowest BCUT2D eigenvalue weighted by Crippen LogP contribution is -2.19. The summed E-state index contributed by atoms with van der Waals surface area (Å²) in [6, 6.07) is 0.283. The molecule has 116 valence electrons. The van der Waals surface area contributed by atoms with Crippen molar-refractivity contribution < 1.29 is 36.8 Å². The topological polar surface area (TPSA) is 91.6 Å². The average Bonchev–Trinajstić information content (AvgIpc) is 2.30. The molecule has 0 unspecified atom stereocenters. The summed E-state index contributed by atoms with van der Waals surface area (Å²) in [5.41, 5.74) is -1.84. The summed E-state index contributed by atoms with van der Waals surface area (Å²) in [6.45, 7) is 1.41. The van der Waals surface area contributed by atoms with Gasteiger partial charge in [-0.25, -0.2) is 0 Å². The molecule has 0 radical (unpaired) electrons. The number of nitrogens with zero attached hydrogens (tertiary/aromatic N) is 2. The van der Waals surface area contributed by atoms with Crippen molar-refractivity contribution in [1.82, 2.24) is 4.98 Å². The number of ether oxygens (including phenoxy) is 2. The van der Waals surface area contributed by atoms with Gasteiger partial charge in [-0.3, -0.25) is 14.9 Å². The maximum absolute atomic E-state index is 13.6. The Morgan fingerprint density at radius 2 is 2.10 bits per heavy atom. The Morgan fingerprint density at radius 1 is 1.48 bits per heavy atom. The lowest BCUT2D eigenvalue weighted by molar-refractivity contribution is -0.386. The third kappa shape index (κ3) is 4.85. The molecule has 0 amide bonds. The van der Waals surface area contributed by atoms with Crippen molar-refractivity contribution in [2.75, 3.05) is 6.61 Å². The highest BCUT2D eigenvalue weighted by Gasteiger charge is 2.34. The van der Waals surface area contributed by atoms with E-state index in [0.717, 1.165) is 0 Å². The number of pyridine rings is 1. The molecule has 0 bridgehead atoms. The van der Waals surface area contributed by atoms with E-state index in [1.807, 2.05) is 0 Å². The molecule has 1 heterocycles. The Hall–Kier alpha value is -2.46. The van der Waals surface area contributed by atoms with E-state index in [-0.39, 0.29) is 12.7 Å². The van der Waals surface area contributed by atoms with Crippen LogP contribution in [0.4, 0.5) is 23.2 Å². The van der Waals surface area contributed by atoms with Crippen LogP contribution < -0.4 is 4.74 Å². The minimum absolute atomic E-state index is 0.0447. The second-order valence-corrected chi connectivity index (χ2v) is 3.54. The van der Waals surface area contributed by atoms with Crippen LogP contribution in [0.25, 0.3) is 0 Å². The zero-order valence-corrected chi connectivity index (χ0v) is 10.4. The lowest BCUT2D eigenvalue weighted by atomic mass is 10.1. The minimum atomic E-state index is -5.18. The molecule has 0 saturated heterocycles. The molecule has 0 spiro atoms. The fourth-order valence-corrected chi connectivity index (χ4v) is 1.36. The molecule has 1 aromatic rings. The summed E-state index contributed by atoms with van der Waals surface area (Å²) < 4.78 is 57.3. The quantitative estimate of drug-likeness (QED) is 0.272. The molecule has 0 aliphatic rings. The Balaban J connectivity index is 3.19. The van der Waals surface area contributed by atoms with Gasteiger partial charge in [0.05, 0.1) is 29.6 Å². The maximum atomic E-state index is 13.6. The summed E-state index contributed by atoms with van der Waals surface area (Å²) in [4.78, 5) is 23.6. The third-order valence-electron chi connectivity index (χ3n) is 2.07. The van der Waals surface area contributed by atoms with Crippen LogP contribution in [-0.4, -0.2) is 28.8 Å². The number of halogens is 4. The third-order valence-corrected chi connectivity index (χ3v) is 2.07. The Labute approximate surface area is 114 Å². The van der Waals surface area contributed by atoms with Gasteiger partial charge >= 0.3 is 12.3 Å². The van der Waals surface area contributed by atoms with Gasteiger partial charge in [0.1, 0.15) is 0 Å². The number of carbonyl (C=O) groups excluding carboxylic acids is 1. The monoisotopic (exact) mass is 312 g/mol. The standard InChI is InChI=1S/C10H8F4N2O5/c1-2-20-8(17)3-5-6(16(18)19)4-7(15-9(5)11)21-10(12,13)14/h4H,2-3H2,1H3. The molecule has 0 aliphatic heterocycles. The van der Waals surface area contributed by atoms with Gasteiger partial charge in [-0.2, -0.15) is 9.37 Å². The molecule has 21 heavy (non-hydrogen) atoms. The van der Waals surface area contributed by atoms with Gasteiger partial charge in [0.15, 0.2) is 0 Å². The lowest BCUT2D eigenvalue weighted by Gasteiger charge is -2.09. The molecule has 0 saturated carbocycles. The Kier molecular flexibility index (Phi) is 5.00. The molecule has 0 atom stereocenters. The number of nitro groups is 1. The zero-order chi connectivity index (χ0) is 16.2. The van der Waals surface area contributed by atoms with Crippen LogP contribution in [0.3, 0.4) is 0 Å². The minimum Gasteiger partial charge on any atom is -0.466 e. The van der Waals surface area contributed by atoms with Crippen molar-refractivity contribution in [3.05, 3.63) is 27.7 Å². The highest BCUT2D eigenvalue weighted by Crippen LogP contribution is 2.29. The van der Waals surface area contributed by atoms with E-state index in [1.54, 1.807) is 0 Å². The van der Waals surface area contributed by atoms with E-state index in [4.69, 9.17) is 0 Å². The summed E-state index contributed by atoms with van der Waals surface area (Å²) >= 11 is 0. The number of hydrogen-bond donors (Lipinski definition) is 0. The number of alkyl halides is 3. The molecule has 7 nitrogen and oxygen atoms in total. The van der Waals surface area contributed by atoms with Crippen molar-refractivity contribution >= 4 is 11.7 Å². The van der Waals surface area contributed by atoms with E-state index < -0.39 is 46.8 Å². The smallest absolute Gasteiger partial charge is 0.466 e. The van der Waals surface area contributed by atoms with Crippen LogP contribution in [-0.2, 0) is 16.0 Å². The fraction of sp³-hybridized carbons (Fsp3) is 0.400. The Morgan fingerprint density at radius 3 is 2.57 bits per heavy atom.